The number of hydrogen-bond donors (Lipinski definition) is 0. The van der Waals surface area contributed by atoms with Gasteiger partial charge in [-0.2, -0.15) is 0 Å². The molecule has 1 saturated heterocycles. The number of amides is 2. The molecule has 2 aromatic rings. The predicted octanol–water partition coefficient (Wildman–Crippen LogP) is 4.40. The van der Waals surface area contributed by atoms with Crippen LogP contribution in [0.2, 0.25) is 0 Å². The molecule has 0 saturated carbocycles. The summed E-state index contributed by atoms with van der Waals surface area (Å²) in [5.74, 6) is -1.02. The highest BCUT2D eigenvalue weighted by molar-refractivity contribution is 9.10. The van der Waals surface area contributed by atoms with Gasteiger partial charge in [0.05, 0.1) is 15.4 Å². The van der Waals surface area contributed by atoms with Gasteiger partial charge in [0.1, 0.15) is 0 Å². The fourth-order valence-corrected chi connectivity index (χ4v) is 3.95. The van der Waals surface area contributed by atoms with Crippen molar-refractivity contribution in [1.29, 1.82) is 0 Å². The quantitative estimate of drug-likeness (QED) is 0.227. The Morgan fingerprint density at radius 2 is 1.85 bits per heavy atom. The van der Waals surface area contributed by atoms with Crippen LogP contribution < -0.4 is 0 Å². The van der Waals surface area contributed by atoms with E-state index >= 15 is 0 Å². The maximum absolute atomic E-state index is 12.7. The standard InChI is InChI=1S/C17H9BrN2O4S2/c18-13-4-2-1-3-12(13)15(21)19-16(22)14(26-17(19)25)9-10-5-7-11(8-6-10)20(23)24/h1-9H/b14-9-. The molecule has 0 N–H and O–H groups in total. The zero-order valence-corrected chi connectivity index (χ0v) is 16.1. The molecule has 1 heterocycles. The second-order valence-electron chi connectivity index (χ2n) is 5.15. The third-order valence-electron chi connectivity index (χ3n) is 3.50. The minimum atomic E-state index is -0.515. The summed E-state index contributed by atoms with van der Waals surface area (Å²) in [5.41, 5.74) is 0.892. The normalized spacial score (nSPS) is 15.6. The maximum Gasteiger partial charge on any atom is 0.273 e. The number of nitro groups is 1. The number of carbonyl (C=O) groups excluding carboxylic acids is 2. The van der Waals surface area contributed by atoms with E-state index in [0.717, 1.165) is 16.7 Å². The highest BCUT2D eigenvalue weighted by Crippen LogP contribution is 2.34. The van der Waals surface area contributed by atoms with Crippen molar-refractivity contribution in [3.63, 3.8) is 0 Å². The Morgan fingerprint density at radius 3 is 2.46 bits per heavy atom. The van der Waals surface area contributed by atoms with Gasteiger partial charge in [0.2, 0.25) is 0 Å². The van der Waals surface area contributed by atoms with Crippen molar-refractivity contribution in [2.24, 2.45) is 0 Å². The van der Waals surface area contributed by atoms with Crippen molar-refractivity contribution in [1.82, 2.24) is 4.90 Å². The Bertz CT molecular complexity index is 973. The number of nitro benzene ring substituents is 1. The van der Waals surface area contributed by atoms with Gasteiger partial charge < -0.3 is 0 Å². The minimum absolute atomic E-state index is 0.0428. The van der Waals surface area contributed by atoms with E-state index < -0.39 is 16.7 Å². The zero-order valence-electron chi connectivity index (χ0n) is 12.9. The fraction of sp³-hybridized carbons (Fsp3) is 0. The molecule has 0 atom stereocenters. The number of carbonyl (C=O) groups is 2. The minimum Gasteiger partial charge on any atom is -0.268 e. The molecule has 0 bridgehead atoms. The number of thioether (sulfide) groups is 1. The van der Waals surface area contributed by atoms with Gasteiger partial charge >= 0.3 is 0 Å². The molecule has 0 radical (unpaired) electrons. The van der Waals surface area contributed by atoms with Crippen LogP contribution in [0.1, 0.15) is 15.9 Å². The second kappa shape index (κ2) is 7.48. The lowest BCUT2D eigenvalue weighted by Gasteiger charge is -2.13. The van der Waals surface area contributed by atoms with Gasteiger partial charge in [0.15, 0.2) is 4.32 Å². The van der Waals surface area contributed by atoms with Crippen LogP contribution in [0, 0.1) is 10.1 Å². The highest BCUT2D eigenvalue weighted by Gasteiger charge is 2.37. The number of rotatable bonds is 3. The van der Waals surface area contributed by atoms with Gasteiger partial charge in [0.25, 0.3) is 17.5 Å². The lowest BCUT2D eigenvalue weighted by atomic mass is 10.2. The van der Waals surface area contributed by atoms with Crippen molar-refractivity contribution in [2.75, 3.05) is 0 Å². The first-order valence-electron chi connectivity index (χ1n) is 7.20. The van der Waals surface area contributed by atoms with Crippen molar-refractivity contribution in [2.45, 2.75) is 0 Å². The van der Waals surface area contributed by atoms with Crippen molar-refractivity contribution in [3.05, 3.63) is 79.2 Å². The van der Waals surface area contributed by atoms with Gasteiger partial charge in [0, 0.05) is 16.6 Å². The Morgan fingerprint density at radius 1 is 1.19 bits per heavy atom. The molecule has 9 heteroatoms. The Hall–Kier alpha value is -2.36. The zero-order chi connectivity index (χ0) is 18.8. The molecule has 2 aromatic carbocycles. The summed E-state index contributed by atoms with van der Waals surface area (Å²) in [6.07, 6.45) is 1.55. The molecule has 0 spiro atoms. The Labute approximate surface area is 166 Å². The third-order valence-corrected chi connectivity index (χ3v) is 5.50. The molecule has 1 fully saturated rings. The third kappa shape index (κ3) is 3.59. The number of thiocarbonyl (C=S) groups is 1. The number of nitrogens with zero attached hydrogens (tertiary/aromatic N) is 2. The maximum atomic E-state index is 12.7. The largest absolute Gasteiger partial charge is 0.273 e. The van der Waals surface area contributed by atoms with E-state index in [-0.39, 0.29) is 14.9 Å². The van der Waals surface area contributed by atoms with Crippen LogP contribution in [0.25, 0.3) is 6.08 Å². The summed E-state index contributed by atoms with van der Waals surface area (Å²) in [6.45, 7) is 0. The topological polar surface area (TPSA) is 80.5 Å². The Balaban J connectivity index is 1.88. The number of halogens is 1. The summed E-state index contributed by atoms with van der Waals surface area (Å²) in [4.78, 5) is 36.7. The summed E-state index contributed by atoms with van der Waals surface area (Å²) >= 11 is 9.49. The highest BCUT2D eigenvalue weighted by atomic mass is 79.9. The van der Waals surface area contributed by atoms with Crippen LogP contribution in [0.4, 0.5) is 5.69 Å². The molecule has 1 aliphatic heterocycles. The molecule has 0 aromatic heterocycles. The SMILES string of the molecule is O=C1/C(=C/c2ccc([N+](=O)[O-])cc2)SC(=S)N1C(=O)c1ccccc1Br. The van der Waals surface area contributed by atoms with Crippen LogP contribution in [-0.4, -0.2) is 26.0 Å². The van der Waals surface area contributed by atoms with E-state index in [1.54, 1.807) is 30.3 Å². The Kier molecular flexibility index (Phi) is 5.30. The summed E-state index contributed by atoms with van der Waals surface area (Å²) < 4.78 is 0.710. The number of benzene rings is 2. The molecule has 3 rings (SSSR count). The molecule has 26 heavy (non-hydrogen) atoms. The van der Waals surface area contributed by atoms with Crippen molar-refractivity contribution in [3.8, 4) is 0 Å². The van der Waals surface area contributed by atoms with Gasteiger partial charge in [-0.3, -0.25) is 19.7 Å². The second-order valence-corrected chi connectivity index (χ2v) is 7.68. The summed E-state index contributed by atoms with van der Waals surface area (Å²) in [5, 5.41) is 10.7. The fourth-order valence-electron chi connectivity index (χ4n) is 2.24. The smallest absolute Gasteiger partial charge is 0.268 e. The van der Waals surface area contributed by atoms with Crippen LogP contribution in [-0.2, 0) is 4.79 Å². The number of non-ortho nitro benzene ring substituents is 1. The van der Waals surface area contributed by atoms with E-state index in [1.165, 1.54) is 24.3 Å². The van der Waals surface area contributed by atoms with Gasteiger partial charge in [-0.15, -0.1) is 0 Å². The lowest BCUT2D eigenvalue weighted by molar-refractivity contribution is -0.384. The molecular formula is C17H9BrN2O4S2. The van der Waals surface area contributed by atoms with Crippen LogP contribution in [0.5, 0.6) is 0 Å². The lowest BCUT2D eigenvalue weighted by Crippen LogP contribution is -2.34. The molecule has 6 nitrogen and oxygen atoms in total. The molecule has 130 valence electrons. The first-order chi connectivity index (χ1) is 12.4. The average molecular weight is 449 g/mol. The van der Waals surface area contributed by atoms with E-state index in [9.17, 15) is 19.7 Å². The summed E-state index contributed by atoms with van der Waals surface area (Å²) in [7, 11) is 0. The van der Waals surface area contributed by atoms with Crippen molar-refractivity contribution >= 4 is 67.8 Å². The molecule has 0 unspecified atom stereocenters. The van der Waals surface area contributed by atoms with Gasteiger partial charge in [-0.05, 0) is 51.8 Å². The van der Waals surface area contributed by atoms with E-state index in [4.69, 9.17) is 12.2 Å². The number of hydrogen-bond acceptors (Lipinski definition) is 6. The summed E-state index contributed by atoms with van der Waals surface area (Å²) in [6, 6.07) is 12.5. The van der Waals surface area contributed by atoms with Crippen LogP contribution >= 0.6 is 39.9 Å². The number of imide groups is 1. The van der Waals surface area contributed by atoms with Crippen LogP contribution in [0.3, 0.4) is 0 Å². The van der Waals surface area contributed by atoms with E-state index in [1.807, 2.05) is 0 Å². The predicted molar refractivity (Wildman–Crippen MR) is 107 cm³/mol. The van der Waals surface area contributed by atoms with Gasteiger partial charge in [-0.1, -0.05) is 36.1 Å². The van der Waals surface area contributed by atoms with E-state index in [0.29, 0.717) is 15.6 Å². The van der Waals surface area contributed by atoms with Crippen LogP contribution in [0.15, 0.2) is 57.9 Å². The first kappa shape index (κ1) is 18.4. The molecule has 2 amide bonds. The van der Waals surface area contributed by atoms with E-state index in [2.05, 4.69) is 15.9 Å². The first-order valence-corrected chi connectivity index (χ1v) is 9.21. The van der Waals surface area contributed by atoms with Crippen molar-refractivity contribution < 1.29 is 14.5 Å². The average Bonchev–Trinajstić information content (AvgIpc) is 2.89. The van der Waals surface area contributed by atoms with Gasteiger partial charge in [-0.25, -0.2) is 4.90 Å². The molecule has 1 aliphatic rings. The monoisotopic (exact) mass is 448 g/mol. The molecule has 0 aliphatic carbocycles. The molecular weight excluding hydrogens is 440 g/mol.